The number of rotatable bonds is 7. The first-order valence-electron chi connectivity index (χ1n) is 6.59. The summed E-state index contributed by atoms with van der Waals surface area (Å²) in [5, 5.41) is 4.30. The van der Waals surface area contributed by atoms with E-state index in [1.807, 2.05) is 12.1 Å². The summed E-state index contributed by atoms with van der Waals surface area (Å²) in [4.78, 5) is 2.55. The summed E-state index contributed by atoms with van der Waals surface area (Å²) in [7, 11) is 0. The minimum absolute atomic E-state index is 0.834. The third kappa shape index (κ3) is 4.23. The number of likely N-dealkylation sites (N-methyl/N-ethyl adjacent to an activating group) is 1. The lowest BCUT2D eigenvalue weighted by Crippen LogP contribution is -2.33. The van der Waals surface area contributed by atoms with Crippen LogP contribution in [-0.4, -0.2) is 30.6 Å². The molecule has 0 unspecified atom stereocenters. The summed E-state index contributed by atoms with van der Waals surface area (Å²) >= 11 is 9.63. The van der Waals surface area contributed by atoms with Crippen LogP contribution in [0.3, 0.4) is 0 Å². The maximum absolute atomic E-state index is 6.15. The van der Waals surface area contributed by atoms with Gasteiger partial charge in [0.25, 0.3) is 0 Å². The van der Waals surface area contributed by atoms with Crippen LogP contribution in [0.2, 0.25) is 5.02 Å². The van der Waals surface area contributed by atoms with Gasteiger partial charge in [0.15, 0.2) is 0 Å². The Kier molecular flexibility index (Phi) is 5.49. The summed E-state index contributed by atoms with van der Waals surface area (Å²) in [5.74, 6) is 0. The van der Waals surface area contributed by atoms with Crippen LogP contribution in [0.15, 0.2) is 22.7 Å². The molecule has 0 atom stereocenters. The predicted molar refractivity (Wildman–Crippen MR) is 81.1 cm³/mol. The van der Waals surface area contributed by atoms with Crippen molar-refractivity contribution in [1.29, 1.82) is 0 Å². The van der Waals surface area contributed by atoms with Crippen molar-refractivity contribution in [2.45, 2.75) is 32.4 Å². The van der Waals surface area contributed by atoms with Crippen molar-refractivity contribution in [3.8, 4) is 0 Å². The molecule has 0 saturated heterocycles. The lowest BCUT2D eigenvalue weighted by atomic mass is 10.2. The molecule has 0 aromatic heterocycles. The van der Waals surface area contributed by atoms with E-state index in [2.05, 4.69) is 39.1 Å². The van der Waals surface area contributed by atoms with E-state index >= 15 is 0 Å². The topological polar surface area (TPSA) is 15.3 Å². The maximum atomic E-state index is 6.15. The second kappa shape index (κ2) is 6.90. The van der Waals surface area contributed by atoms with E-state index in [9.17, 15) is 0 Å². The van der Waals surface area contributed by atoms with Crippen LogP contribution in [0.1, 0.15) is 25.3 Å². The lowest BCUT2D eigenvalue weighted by molar-refractivity contribution is 0.277. The Balaban J connectivity index is 1.72. The van der Waals surface area contributed by atoms with Crippen molar-refractivity contribution in [2.24, 2.45) is 0 Å². The Bertz CT molecular complexity index is 393. The average Bonchev–Trinajstić information content (AvgIpc) is 3.18. The number of hydrogen-bond donors (Lipinski definition) is 1. The van der Waals surface area contributed by atoms with Gasteiger partial charge in [-0.1, -0.05) is 34.5 Å². The van der Waals surface area contributed by atoms with Crippen molar-refractivity contribution in [3.05, 3.63) is 33.3 Å². The van der Waals surface area contributed by atoms with Crippen molar-refractivity contribution < 1.29 is 0 Å². The van der Waals surface area contributed by atoms with Crippen LogP contribution in [-0.2, 0) is 6.54 Å². The highest BCUT2D eigenvalue weighted by molar-refractivity contribution is 9.10. The minimum Gasteiger partial charge on any atom is -0.311 e. The van der Waals surface area contributed by atoms with Gasteiger partial charge in [0.1, 0.15) is 0 Å². The highest BCUT2D eigenvalue weighted by Crippen LogP contribution is 2.26. The van der Waals surface area contributed by atoms with E-state index in [1.165, 1.54) is 12.8 Å². The highest BCUT2D eigenvalue weighted by Gasteiger charge is 2.26. The second-order valence-electron chi connectivity index (χ2n) is 4.77. The molecule has 1 N–H and O–H groups in total. The summed E-state index contributed by atoms with van der Waals surface area (Å²) in [5.41, 5.74) is 1.15. The molecule has 1 saturated carbocycles. The Morgan fingerprint density at radius 3 is 2.89 bits per heavy atom. The van der Waals surface area contributed by atoms with Crippen molar-refractivity contribution >= 4 is 27.5 Å². The van der Waals surface area contributed by atoms with Crippen LogP contribution in [0.25, 0.3) is 0 Å². The van der Waals surface area contributed by atoms with Crippen LogP contribution < -0.4 is 5.32 Å². The first-order chi connectivity index (χ1) is 8.70. The fraction of sp³-hybridized carbons (Fsp3) is 0.571. The van der Waals surface area contributed by atoms with Crippen molar-refractivity contribution in [1.82, 2.24) is 10.2 Å². The lowest BCUT2D eigenvalue weighted by Gasteiger charge is -2.19. The van der Waals surface area contributed by atoms with Crippen LogP contribution in [0, 0.1) is 0 Å². The van der Waals surface area contributed by atoms with Gasteiger partial charge >= 0.3 is 0 Å². The maximum Gasteiger partial charge on any atom is 0.0451 e. The molecule has 1 aromatic rings. The minimum atomic E-state index is 0.834. The molecule has 100 valence electrons. The average molecular weight is 332 g/mol. The van der Waals surface area contributed by atoms with Gasteiger partial charge in [0.2, 0.25) is 0 Å². The van der Waals surface area contributed by atoms with Gasteiger partial charge in [-0.15, -0.1) is 0 Å². The van der Waals surface area contributed by atoms with E-state index in [0.717, 1.165) is 47.3 Å². The van der Waals surface area contributed by atoms with Crippen molar-refractivity contribution in [2.75, 3.05) is 19.6 Å². The quantitative estimate of drug-likeness (QED) is 0.767. The van der Waals surface area contributed by atoms with E-state index in [-0.39, 0.29) is 0 Å². The Labute approximate surface area is 123 Å². The molecule has 0 heterocycles. The number of nitrogens with zero attached hydrogens (tertiary/aromatic N) is 1. The number of hydrogen-bond acceptors (Lipinski definition) is 2. The van der Waals surface area contributed by atoms with Gasteiger partial charge in [0, 0.05) is 35.2 Å². The van der Waals surface area contributed by atoms with Gasteiger partial charge in [-0.05, 0) is 43.1 Å². The van der Waals surface area contributed by atoms with Gasteiger partial charge in [0.05, 0.1) is 0 Å². The fourth-order valence-corrected chi connectivity index (χ4v) is 2.76. The van der Waals surface area contributed by atoms with Crippen LogP contribution >= 0.6 is 27.5 Å². The Morgan fingerprint density at radius 2 is 2.22 bits per heavy atom. The van der Waals surface area contributed by atoms with Crippen LogP contribution in [0.4, 0.5) is 0 Å². The first kappa shape index (κ1) is 14.3. The molecule has 2 rings (SSSR count). The zero-order chi connectivity index (χ0) is 13.0. The molecule has 4 heteroatoms. The SMILES string of the molecule is CCN(CCNCc1cc(Br)ccc1Cl)C1CC1. The van der Waals surface area contributed by atoms with Crippen molar-refractivity contribution in [3.63, 3.8) is 0 Å². The first-order valence-corrected chi connectivity index (χ1v) is 7.76. The van der Waals surface area contributed by atoms with E-state index in [0.29, 0.717) is 0 Å². The molecular weight excluding hydrogens is 312 g/mol. The molecule has 1 aromatic carbocycles. The molecule has 1 fully saturated rings. The third-order valence-electron chi connectivity index (χ3n) is 3.37. The standard InChI is InChI=1S/C14H20BrClN2/c1-2-18(13-4-5-13)8-7-17-10-11-9-12(15)3-6-14(11)16/h3,6,9,13,17H,2,4-5,7-8,10H2,1H3. The molecule has 1 aliphatic carbocycles. The fourth-order valence-electron chi connectivity index (χ4n) is 2.16. The van der Waals surface area contributed by atoms with Gasteiger partial charge < -0.3 is 5.32 Å². The summed E-state index contributed by atoms with van der Waals surface area (Å²) < 4.78 is 1.08. The molecule has 0 radical (unpaired) electrons. The predicted octanol–water partition coefficient (Wildman–Crippen LogP) is 3.68. The zero-order valence-electron chi connectivity index (χ0n) is 10.8. The molecule has 0 aliphatic heterocycles. The Hall–Kier alpha value is -0.0900. The normalized spacial score (nSPS) is 15.3. The summed E-state index contributed by atoms with van der Waals surface area (Å²) in [6, 6.07) is 6.84. The third-order valence-corrected chi connectivity index (χ3v) is 4.23. The summed E-state index contributed by atoms with van der Waals surface area (Å²) in [6.45, 7) is 6.38. The van der Waals surface area contributed by atoms with E-state index in [1.54, 1.807) is 0 Å². The molecular formula is C14H20BrClN2. The highest BCUT2D eigenvalue weighted by atomic mass is 79.9. The number of halogens is 2. The molecule has 18 heavy (non-hydrogen) atoms. The van der Waals surface area contributed by atoms with Gasteiger partial charge in [-0.3, -0.25) is 4.90 Å². The number of benzene rings is 1. The molecule has 0 bridgehead atoms. The van der Waals surface area contributed by atoms with E-state index in [4.69, 9.17) is 11.6 Å². The monoisotopic (exact) mass is 330 g/mol. The van der Waals surface area contributed by atoms with Crippen LogP contribution in [0.5, 0.6) is 0 Å². The second-order valence-corrected chi connectivity index (χ2v) is 6.10. The van der Waals surface area contributed by atoms with Gasteiger partial charge in [-0.25, -0.2) is 0 Å². The summed E-state index contributed by atoms with van der Waals surface area (Å²) in [6.07, 6.45) is 2.76. The smallest absolute Gasteiger partial charge is 0.0451 e. The van der Waals surface area contributed by atoms with E-state index < -0.39 is 0 Å². The largest absolute Gasteiger partial charge is 0.311 e. The zero-order valence-corrected chi connectivity index (χ0v) is 13.1. The number of nitrogens with one attached hydrogen (secondary N) is 1. The Morgan fingerprint density at radius 1 is 1.44 bits per heavy atom. The molecule has 0 spiro atoms. The molecule has 0 amide bonds. The molecule has 2 nitrogen and oxygen atoms in total. The van der Waals surface area contributed by atoms with Gasteiger partial charge in [-0.2, -0.15) is 0 Å². The molecule has 1 aliphatic rings.